The highest BCUT2D eigenvalue weighted by atomic mass is 28.2. The molecule has 0 atom stereocenters. The summed E-state index contributed by atoms with van der Waals surface area (Å²) in [6, 6.07) is 1.10. The summed E-state index contributed by atoms with van der Waals surface area (Å²) in [6.07, 6.45) is 5.32. The highest BCUT2D eigenvalue weighted by molar-refractivity contribution is 6.27. The van der Waals surface area contributed by atoms with E-state index in [0.717, 1.165) is 38.7 Å². The van der Waals surface area contributed by atoms with Gasteiger partial charge in [-0.15, -0.1) is 6.58 Å². The second kappa shape index (κ2) is 11.9. The van der Waals surface area contributed by atoms with Gasteiger partial charge >= 0.3 is 0 Å². The van der Waals surface area contributed by atoms with Crippen LogP contribution in [0.3, 0.4) is 0 Å². The molecule has 0 aromatic heterocycles. The van der Waals surface area contributed by atoms with E-state index in [1.54, 1.807) is 0 Å². The van der Waals surface area contributed by atoms with Gasteiger partial charge in [0, 0.05) is 6.61 Å². The highest BCUT2D eigenvalue weighted by Gasteiger charge is 1.91. The zero-order valence-electron chi connectivity index (χ0n) is 8.55. The Hall–Kier alpha value is -0.123. The Balaban J connectivity index is 2.79. The summed E-state index contributed by atoms with van der Waals surface area (Å²) in [6.45, 7) is 8.16. The fourth-order valence-corrected chi connectivity index (χ4v) is 1.45. The average Bonchev–Trinajstić information content (AvgIpc) is 2.16. The minimum atomic E-state index is 0.600. The third kappa shape index (κ3) is 11.9. The van der Waals surface area contributed by atoms with Gasteiger partial charge < -0.3 is 9.16 Å². The van der Waals surface area contributed by atoms with Crippen molar-refractivity contribution in [1.82, 2.24) is 0 Å². The molecule has 0 aromatic carbocycles. The summed E-state index contributed by atoms with van der Waals surface area (Å²) in [5.41, 5.74) is 0. The first-order valence-electron chi connectivity index (χ1n) is 4.95. The van der Waals surface area contributed by atoms with Crippen molar-refractivity contribution in [3.8, 4) is 0 Å². The molecule has 0 bridgehead atoms. The Bertz CT molecular complexity index is 107. The lowest BCUT2D eigenvalue weighted by Gasteiger charge is -2.03. The van der Waals surface area contributed by atoms with E-state index in [1.165, 1.54) is 6.42 Å². The largest absolute Gasteiger partial charge is 0.415 e. The van der Waals surface area contributed by atoms with E-state index in [1.807, 2.05) is 6.08 Å². The number of rotatable bonds is 10. The van der Waals surface area contributed by atoms with Gasteiger partial charge in [0.05, 0.1) is 13.2 Å². The predicted molar refractivity (Wildman–Crippen MR) is 57.1 cm³/mol. The molecule has 0 saturated carbocycles. The Morgan fingerprint density at radius 2 is 2.15 bits per heavy atom. The van der Waals surface area contributed by atoms with Crippen LogP contribution in [0.4, 0.5) is 0 Å². The summed E-state index contributed by atoms with van der Waals surface area (Å²) in [4.78, 5) is 0. The Morgan fingerprint density at radius 1 is 1.31 bits per heavy atom. The summed E-state index contributed by atoms with van der Waals surface area (Å²) in [5.74, 6) is 0. The molecule has 0 aromatic rings. The molecule has 0 fully saturated rings. The highest BCUT2D eigenvalue weighted by Crippen LogP contribution is 1.90. The number of unbranched alkanes of at least 4 members (excludes halogenated alkanes) is 1. The van der Waals surface area contributed by atoms with Crippen molar-refractivity contribution in [1.29, 1.82) is 0 Å². The second-order valence-corrected chi connectivity index (χ2v) is 3.86. The van der Waals surface area contributed by atoms with Crippen molar-refractivity contribution < 1.29 is 9.16 Å². The van der Waals surface area contributed by atoms with Crippen LogP contribution >= 0.6 is 0 Å². The van der Waals surface area contributed by atoms with Crippen LogP contribution in [0.2, 0.25) is 6.04 Å². The molecule has 2 radical (unpaired) electrons. The summed E-state index contributed by atoms with van der Waals surface area (Å²) < 4.78 is 10.7. The van der Waals surface area contributed by atoms with Gasteiger partial charge in [0.15, 0.2) is 0 Å². The Labute approximate surface area is 84.3 Å². The van der Waals surface area contributed by atoms with Gasteiger partial charge in [-0.3, -0.25) is 0 Å². The van der Waals surface area contributed by atoms with E-state index in [9.17, 15) is 0 Å². The molecule has 3 heteroatoms. The minimum Gasteiger partial charge on any atom is -0.415 e. The first kappa shape index (κ1) is 12.9. The fourth-order valence-electron chi connectivity index (χ4n) is 0.754. The van der Waals surface area contributed by atoms with Crippen molar-refractivity contribution in [2.24, 2.45) is 0 Å². The third-order valence-corrected chi connectivity index (χ3v) is 2.43. The number of ether oxygens (including phenoxy) is 1. The summed E-state index contributed by atoms with van der Waals surface area (Å²) in [5, 5.41) is 0. The number of hydrogen-bond acceptors (Lipinski definition) is 2. The summed E-state index contributed by atoms with van der Waals surface area (Å²) >= 11 is 0. The third-order valence-electron chi connectivity index (χ3n) is 1.52. The lowest BCUT2D eigenvalue weighted by molar-refractivity contribution is 0.0994. The van der Waals surface area contributed by atoms with Crippen LogP contribution < -0.4 is 0 Å². The molecular weight excluding hydrogens is 180 g/mol. The van der Waals surface area contributed by atoms with E-state index >= 15 is 0 Å². The van der Waals surface area contributed by atoms with Crippen LogP contribution in [-0.4, -0.2) is 29.6 Å². The SMILES string of the molecule is C=CCC[Si]OCCOCCCC. The molecular formula is C10H20O2Si. The summed E-state index contributed by atoms with van der Waals surface area (Å²) in [7, 11) is 0.600. The molecule has 0 spiro atoms. The van der Waals surface area contributed by atoms with Crippen LogP contribution in [0, 0.1) is 0 Å². The molecule has 0 N–H and O–H groups in total. The van der Waals surface area contributed by atoms with Crippen LogP contribution in [0.15, 0.2) is 12.7 Å². The molecule has 0 aliphatic heterocycles. The molecule has 0 amide bonds. The van der Waals surface area contributed by atoms with Crippen LogP contribution in [-0.2, 0) is 9.16 Å². The van der Waals surface area contributed by atoms with E-state index in [0.29, 0.717) is 9.76 Å². The molecule has 13 heavy (non-hydrogen) atoms. The first-order valence-corrected chi connectivity index (χ1v) is 6.06. The number of allylic oxidation sites excluding steroid dienone is 1. The van der Waals surface area contributed by atoms with Gasteiger partial charge in [-0.05, 0) is 18.9 Å². The Kier molecular flexibility index (Phi) is 11.8. The zero-order chi connectivity index (χ0) is 9.78. The molecule has 2 nitrogen and oxygen atoms in total. The van der Waals surface area contributed by atoms with Crippen LogP contribution in [0.1, 0.15) is 26.2 Å². The maximum Gasteiger partial charge on any atom is 0.230 e. The molecule has 0 rings (SSSR count). The van der Waals surface area contributed by atoms with Gasteiger partial charge in [-0.1, -0.05) is 19.4 Å². The van der Waals surface area contributed by atoms with Gasteiger partial charge in [-0.2, -0.15) is 0 Å². The maximum atomic E-state index is 5.37. The lowest BCUT2D eigenvalue weighted by Crippen LogP contribution is -2.07. The van der Waals surface area contributed by atoms with Crippen molar-refractivity contribution >= 4 is 9.76 Å². The zero-order valence-corrected chi connectivity index (χ0v) is 9.55. The van der Waals surface area contributed by atoms with Gasteiger partial charge in [0.1, 0.15) is 0 Å². The van der Waals surface area contributed by atoms with Gasteiger partial charge in [-0.25, -0.2) is 0 Å². The molecule has 0 saturated heterocycles. The smallest absolute Gasteiger partial charge is 0.230 e. The number of hydrogen-bond donors (Lipinski definition) is 0. The predicted octanol–water partition coefficient (Wildman–Crippen LogP) is 2.43. The standard InChI is InChI=1S/C10H20O2Si/c1-3-5-7-11-8-9-12-13-10-6-4-2/h4H,2-3,5-10H2,1H3. The molecule has 0 aliphatic rings. The van der Waals surface area contributed by atoms with E-state index in [-0.39, 0.29) is 0 Å². The minimum absolute atomic E-state index is 0.600. The molecule has 76 valence electrons. The molecule has 0 unspecified atom stereocenters. The van der Waals surface area contributed by atoms with E-state index in [4.69, 9.17) is 9.16 Å². The van der Waals surface area contributed by atoms with Crippen LogP contribution in [0.5, 0.6) is 0 Å². The normalized spacial score (nSPS) is 10.2. The Morgan fingerprint density at radius 3 is 2.85 bits per heavy atom. The topological polar surface area (TPSA) is 18.5 Å². The second-order valence-electron chi connectivity index (χ2n) is 2.79. The van der Waals surface area contributed by atoms with E-state index in [2.05, 4.69) is 13.5 Å². The lowest BCUT2D eigenvalue weighted by atomic mass is 10.4. The van der Waals surface area contributed by atoms with Crippen molar-refractivity contribution in [3.05, 3.63) is 12.7 Å². The van der Waals surface area contributed by atoms with Crippen LogP contribution in [0.25, 0.3) is 0 Å². The van der Waals surface area contributed by atoms with Crippen molar-refractivity contribution in [2.75, 3.05) is 19.8 Å². The van der Waals surface area contributed by atoms with Crippen molar-refractivity contribution in [3.63, 3.8) is 0 Å². The quantitative estimate of drug-likeness (QED) is 0.306. The average molecular weight is 200 g/mol. The fraction of sp³-hybridized carbons (Fsp3) is 0.800. The van der Waals surface area contributed by atoms with Gasteiger partial charge in [0.2, 0.25) is 9.76 Å². The van der Waals surface area contributed by atoms with Gasteiger partial charge in [0.25, 0.3) is 0 Å². The first-order chi connectivity index (χ1) is 6.41. The van der Waals surface area contributed by atoms with E-state index < -0.39 is 0 Å². The molecule has 0 heterocycles. The van der Waals surface area contributed by atoms with Crippen molar-refractivity contribution in [2.45, 2.75) is 32.2 Å². The maximum absolute atomic E-state index is 5.37. The molecule has 0 aliphatic carbocycles. The monoisotopic (exact) mass is 200 g/mol.